The first-order chi connectivity index (χ1) is 13.8. The van der Waals surface area contributed by atoms with Crippen molar-refractivity contribution >= 4 is 17.7 Å². The number of β-amino-alcohol motifs (C(OH)–C–C–N with tert-alkyl or cyclic N) is 1. The van der Waals surface area contributed by atoms with Gasteiger partial charge in [-0.15, -0.1) is 0 Å². The highest BCUT2D eigenvalue weighted by atomic mass is 16.5. The van der Waals surface area contributed by atoms with E-state index >= 15 is 0 Å². The third kappa shape index (κ3) is 6.29. The number of carbonyl (C=O) groups excluding carboxylic acids is 3. The van der Waals surface area contributed by atoms with Gasteiger partial charge in [0.1, 0.15) is 24.0 Å². The van der Waals surface area contributed by atoms with Crippen molar-refractivity contribution in [3.63, 3.8) is 0 Å². The number of Topliss-reactive ketones (excluding diaryl/α,β-unsaturated/α-hetero) is 1. The summed E-state index contributed by atoms with van der Waals surface area (Å²) < 4.78 is 5.52. The fourth-order valence-corrected chi connectivity index (χ4v) is 3.43. The van der Waals surface area contributed by atoms with Crippen LogP contribution < -0.4 is 10.1 Å². The van der Waals surface area contributed by atoms with E-state index < -0.39 is 17.7 Å². The van der Waals surface area contributed by atoms with Crippen LogP contribution >= 0.6 is 0 Å². The Morgan fingerprint density at radius 1 is 1.24 bits per heavy atom. The van der Waals surface area contributed by atoms with Crippen LogP contribution in [-0.4, -0.2) is 52.5 Å². The first-order valence-electron chi connectivity index (χ1n) is 10.3. The Kier molecular flexibility index (Phi) is 8.20. The molecular formula is C22H32N2O5. The van der Waals surface area contributed by atoms with Gasteiger partial charge < -0.3 is 15.2 Å². The Balaban J connectivity index is 1.85. The van der Waals surface area contributed by atoms with Gasteiger partial charge in [-0.3, -0.25) is 14.5 Å². The number of amides is 3. The number of benzene rings is 1. The summed E-state index contributed by atoms with van der Waals surface area (Å²) in [4.78, 5) is 37.5. The minimum Gasteiger partial charge on any atom is -0.491 e. The Labute approximate surface area is 172 Å². The summed E-state index contributed by atoms with van der Waals surface area (Å²) in [6, 6.07) is 6.17. The van der Waals surface area contributed by atoms with Gasteiger partial charge in [-0.2, -0.15) is 0 Å². The van der Waals surface area contributed by atoms with E-state index in [0.29, 0.717) is 17.7 Å². The summed E-state index contributed by atoms with van der Waals surface area (Å²) in [6.07, 6.45) is 4.90. The number of ether oxygens (including phenoxy) is 1. The molecule has 29 heavy (non-hydrogen) atoms. The fourth-order valence-electron chi connectivity index (χ4n) is 3.43. The predicted molar refractivity (Wildman–Crippen MR) is 110 cm³/mol. The highest BCUT2D eigenvalue weighted by molar-refractivity contribution is 6.06. The van der Waals surface area contributed by atoms with Gasteiger partial charge in [-0.25, -0.2) is 4.79 Å². The van der Waals surface area contributed by atoms with Crippen LogP contribution in [0, 0.1) is 0 Å². The summed E-state index contributed by atoms with van der Waals surface area (Å²) in [5.41, 5.74) is -0.402. The molecule has 1 aromatic rings. The number of ketones is 1. The summed E-state index contributed by atoms with van der Waals surface area (Å²) in [5.74, 6) is 0.0609. The first kappa shape index (κ1) is 22.9. The van der Waals surface area contributed by atoms with Gasteiger partial charge in [0, 0.05) is 5.56 Å². The molecule has 7 heteroatoms. The molecule has 2 atom stereocenters. The molecule has 0 saturated carbocycles. The van der Waals surface area contributed by atoms with E-state index in [1.54, 1.807) is 31.2 Å². The van der Waals surface area contributed by atoms with Gasteiger partial charge in [-0.05, 0) is 32.4 Å². The van der Waals surface area contributed by atoms with E-state index in [4.69, 9.17) is 4.74 Å². The lowest BCUT2D eigenvalue weighted by Crippen LogP contribution is -2.45. The minimum atomic E-state index is -1.03. The normalized spacial score (nSPS) is 19.9. The molecule has 2 rings (SSSR count). The zero-order valence-corrected chi connectivity index (χ0v) is 17.6. The van der Waals surface area contributed by atoms with Crippen LogP contribution in [0.4, 0.5) is 4.79 Å². The number of nitrogens with zero attached hydrogens (tertiary/aromatic N) is 1. The molecule has 0 radical (unpaired) electrons. The van der Waals surface area contributed by atoms with Crippen LogP contribution in [0.25, 0.3) is 0 Å². The van der Waals surface area contributed by atoms with Crippen molar-refractivity contribution in [1.82, 2.24) is 10.2 Å². The van der Waals surface area contributed by atoms with Crippen molar-refractivity contribution in [2.45, 2.75) is 70.9 Å². The number of rotatable bonds is 12. The Morgan fingerprint density at radius 3 is 2.66 bits per heavy atom. The highest BCUT2D eigenvalue weighted by Crippen LogP contribution is 2.24. The molecule has 1 fully saturated rings. The van der Waals surface area contributed by atoms with Crippen molar-refractivity contribution in [3.05, 3.63) is 29.8 Å². The molecule has 160 valence electrons. The number of aliphatic hydroxyl groups excluding tert-OH is 1. The highest BCUT2D eigenvalue weighted by Gasteiger charge is 2.47. The minimum absolute atomic E-state index is 0.0793. The predicted octanol–water partition coefficient (Wildman–Crippen LogP) is 3.30. The van der Waals surface area contributed by atoms with Crippen LogP contribution in [-0.2, 0) is 4.79 Å². The number of hydrogen-bond donors (Lipinski definition) is 2. The van der Waals surface area contributed by atoms with Crippen LogP contribution in [0.5, 0.6) is 5.75 Å². The molecule has 0 aliphatic carbocycles. The average molecular weight is 405 g/mol. The van der Waals surface area contributed by atoms with Gasteiger partial charge >= 0.3 is 6.03 Å². The monoisotopic (exact) mass is 404 g/mol. The summed E-state index contributed by atoms with van der Waals surface area (Å²) in [5, 5.41) is 13.0. The summed E-state index contributed by atoms with van der Waals surface area (Å²) in [7, 11) is 0. The quantitative estimate of drug-likeness (QED) is 0.317. The van der Waals surface area contributed by atoms with E-state index in [1.165, 1.54) is 13.3 Å². The van der Waals surface area contributed by atoms with Crippen molar-refractivity contribution in [1.29, 1.82) is 0 Å². The van der Waals surface area contributed by atoms with Gasteiger partial charge in [0.2, 0.25) is 0 Å². The standard InChI is InChI=1S/C22H32N2O5/c1-4-5-6-7-8-12-22(3)20(27)24(21(28)23-22)14-18(26)15-29-19-11-9-10-17(13-19)16(2)25/h9-11,13,18,26H,4-8,12,14-15H2,1-3H3,(H,23,28)/t18-,22-/m0/s1. The third-order valence-corrected chi connectivity index (χ3v) is 5.20. The maximum atomic E-state index is 12.7. The van der Waals surface area contributed by atoms with E-state index in [2.05, 4.69) is 12.2 Å². The average Bonchev–Trinajstić information content (AvgIpc) is 2.89. The second kappa shape index (κ2) is 10.4. The zero-order valence-electron chi connectivity index (χ0n) is 17.6. The molecule has 1 saturated heterocycles. The Bertz CT molecular complexity index is 736. The number of aliphatic hydroxyl groups is 1. The molecular weight excluding hydrogens is 372 g/mol. The van der Waals surface area contributed by atoms with E-state index in [1.807, 2.05) is 0 Å². The van der Waals surface area contributed by atoms with Crippen LogP contribution in [0.15, 0.2) is 24.3 Å². The Hall–Kier alpha value is -2.41. The molecule has 0 aromatic heterocycles. The molecule has 0 bridgehead atoms. The SMILES string of the molecule is CCCCCCC[C@]1(C)NC(=O)N(C[C@H](O)COc2cccc(C(C)=O)c2)C1=O. The zero-order chi connectivity index (χ0) is 21.4. The number of carbonyl (C=O) groups is 3. The van der Waals surface area contributed by atoms with Gasteiger partial charge in [0.25, 0.3) is 5.91 Å². The lowest BCUT2D eigenvalue weighted by Gasteiger charge is -2.22. The molecule has 3 amide bonds. The molecule has 0 spiro atoms. The molecule has 1 heterocycles. The molecule has 1 aliphatic rings. The molecule has 1 aliphatic heterocycles. The second-order valence-corrected chi connectivity index (χ2v) is 7.89. The number of hydrogen-bond acceptors (Lipinski definition) is 5. The van der Waals surface area contributed by atoms with Crippen molar-refractivity contribution in [3.8, 4) is 5.75 Å². The van der Waals surface area contributed by atoms with E-state index in [0.717, 1.165) is 30.6 Å². The first-order valence-corrected chi connectivity index (χ1v) is 10.3. The number of urea groups is 1. The van der Waals surface area contributed by atoms with Crippen LogP contribution in [0.1, 0.15) is 69.7 Å². The molecule has 0 unspecified atom stereocenters. The van der Waals surface area contributed by atoms with Crippen molar-refractivity contribution in [2.75, 3.05) is 13.2 Å². The summed E-state index contributed by atoms with van der Waals surface area (Å²) >= 11 is 0. The number of imide groups is 1. The molecule has 7 nitrogen and oxygen atoms in total. The fraction of sp³-hybridized carbons (Fsp3) is 0.591. The third-order valence-electron chi connectivity index (χ3n) is 5.20. The van der Waals surface area contributed by atoms with Crippen molar-refractivity contribution in [2.24, 2.45) is 0 Å². The maximum Gasteiger partial charge on any atom is 0.325 e. The lowest BCUT2D eigenvalue weighted by atomic mass is 9.94. The molecule has 2 N–H and O–H groups in total. The largest absolute Gasteiger partial charge is 0.491 e. The van der Waals surface area contributed by atoms with Crippen molar-refractivity contribution < 1.29 is 24.2 Å². The lowest BCUT2D eigenvalue weighted by molar-refractivity contribution is -0.132. The van der Waals surface area contributed by atoms with Gasteiger partial charge in [-0.1, -0.05) is 51.2 Å². The smallest absolute Gasteiger partial charge is 0.325 e. The van der Waals surface area contributed by atoms with Crippen LogP contribution in [0.3, 0.4) is 0 Å². The van der Waals surface area contributed by atoms with Gasteiger partial charge in [0.15, 0.2) is 5.78 Å². The second-order valence-electron chi connectivity index (χ2n) is 7.89. The van der Waals surface area contributed by atoms with E-state index in [9.17, 15) is 19.5 Å². The maximum absolute atomic E-state index is 12.7. The Morgan fingerprint density at radius 2 is 1.97 bits per heavy atom. The summed E-state index contributed by atoms with van der Waals surface area (Å²) in [6.45, 7) is 5.12. The van der Waals surface area contributed by atoms with Gasteiger partial charge in [0.05, 0.1) is 6.54 Å². The molecule has 1 aromatic carbocycles. The number of nitrogens with one attached hydrogen (secondary N) is 1. The van der Waals surface area contributed by atoms with Crippen LogP contribution in [0.2, 0.25) is 0 Å². The number of unbranched alkanes of at least 4 members (excludes halogenated alkanes) is 4. The van der Waals surface area contributed by atoms with E-state index in [-0.39, 0.29) is 24.8 Å². The topological polar surface area (TPSA) is 95.9 Å².